The number of carbonyl (C=O) groups excluding carboxylic acids is 1. The first-order valence-corrected chi connectivity index (χ1v) is 14.4. The molecule has 34 heavy (non-hydrogen) atoms. The zero-order valence-electron chi connectivity index (χ0n) is 23.1. The lowest BCUT2D eigenvalue weighted by Gasteiger charge is -2.62. The summed E-state index contributed by atoms with van der Waals surface area (Å²) in [6.45, 7) is 21.1. The van der Waals surface area contributed by atoms with Crippen molar-refractivity contribution in [2.45, 2.75) is 113 Å². The number of hydrogen-bond acceptors (Lipinski definition) is 2. The van der Waals surface area contributed by atoms with Crippen LogP contribution in [-0.2, 0) is 4.79 Å². The Kier molecular flexibility index (Phi) is 5.42. The van der Waals surface area contributed by atoms with Crippen molar-refractivity contribution in [2.24, 2.45) is 56.7 Å². The van der Waals surface area contributed by atoms with Crippen LogP contribution in [0.3, 0.4) is 0 Å². The maximum Gasteiger partial charge on any atom is 0.167 e. The van der Waals surface area contributed by atoms with Gasteiger partial charge in [0, 0.05) is 11.0 Å². The van der Waals surface area contributed by atoms with E-state index in [1.165, 1.54) is 63.4 Å². The zero-order chi connectivity index (χ0) is 24.9. The number of allylic oxidation sites excluding steroid dienone is 2. The third kappa shape index (κ3) is 2.84. The van der Waals surface area contributed by atoms with Gasteiger partial charge in [0.1, 0.15) is 0 Å². The van der Waals surface area contributed by atoms with Gasteiger partial charge >= 0.3 is 0 Å². The van der Waals surface area contributed by atoms with Crippen LogP contribution < -0.4 is 0 Å². The molecule has 0 heterocycles. The Morgan fingerprint density at radius 1 is 1.00 bits per heavy atom. The maximum atomic E-state index is 13.2. The van der Waals surface area contributed by atoms with Crippen molar-refractivity contribution < 1.29 is 9.90 Å². The molecular formula is C32H50O2. The fourth-order valence-corrected chi connectivity index (χ4v) is 11.1. The molecule has 8 atom stereocenters. The number of Topliss-reactive ketones (excluding diaryl/α,β-unsaturated/α-hetero) is 1. The Bertz CT molecular complexity index is 925. The molecule has 5 aliphatic rings. The summed E-state index contributed by atoms with van der Waals surface area (Å²) in [6.07, 6.45) is 13.7. The number of rotatable bonds is 5. The molecule has 0 bridgehead atoms. The van der Waals surface area contributed by atoms with Crippen molar-refractivity contribution in [2.75, 3.05) is 0 Å². The van der Waals surface area contributed by atoms with Gasteiger partial charge in [0.2, 0.25) is 0 Å². The van der Waals surface area contributed by atoms with Crippen LogP contribution in [0.1, 0.15) is 113 Å². The van der Waals surface area contributed by atoms with Gasteiger partial charge in [-0.2, -0.15) is 0 Å². The molecule has 0 aromatic carbocycles. The molecule has 0 aliphatic heterocycles. The van der Waals surface area contributed by atoms with Crippen LogP contribution in [0.25, 0.3) is 0 Å². The molecule has 2 nitrogen and oxygen atoms in total. The molecule has 5 rings (SSSR count). The van der Waals surface area contributed by atoms with Gasteiger partial charge in [-0.1, -0.05) is 60.6 Å². The normalized spacial score (nSPS) is 48.6. The van der Waals surface area contributed by atoms with Gasteiger partial charge in [-0.15, -0.1) is 0 Å². The highest BCUT2D eigenvalue weighted by Gasteiger charge is 2.82. The number of aliphatic hydroxyl groups excluding tert-OH is 1. The molecule has 0 unspecified atom stereocenters. The van der Waals surface area contributed by atoms with E-state index in [2.05, 4.69) is 55.0 Å². The van der Waals surface area contributed by atoms with Crippen molar-refractivity contribution in [1.82, 2.24) is 0 Å². The molecule has 5 saturated carbocycles. The molecule has 0 aromatic rings. The molecule has 0 aromatic heterocycles. The number of carbonyl (C=O) groups is 1. The van der Waals surface area contributed by atoms with Gasteiger partial charge in [0.15, 0.2) is 5.78 Å². The van der Waals surface area contributed by atoms with Gasteiger partial charge in [0.25, 0.3) is 0 Å². The Morgan fingerprint density at radius 3 is 2.32 bits per heavy atom. The highest BCUT2D eigenvalue weighted by Crippen LogP contribution is 2.89. The largest absolute Gasteiger partial charge is 0.515 e. The van der Waals surface area contributed by atoms with Gasteiger partial charge in [-0.25, -0.2) is 0 Å². The van der Waals surface area contributed by atoms with Crippen LogP contribution in [0.15, 0.2) is 24.0 Å². The molecule has 2 heteroatoms. The Labute approximate surface area is 209 Å². The lowest BCUT2D eigenvalue weighted by atomic mass is 9.41. The van der Waals surface area contributed by atoms with Crippen LogP contribution in [0.5, 0.6) is 0 Å². The van der Waals surface area contributed by atoms with E-state index < -0.39 is 0 Å². The van der Waals surface area contributed by atoms with Crippen molar-refractivity contribution in [3.8, 4) is 0 Å². The number of aliphatic hydroxyl groups is 1. The SMILES string of the molecule is C=C(CC[C@@H](C)[C@H]1CC[C@@]2(C)[C@@H]3CC[C@H]4C(C)(C)C(=O)/C(=C\O)C[C@@]45C[C@@]35CC[C@]12C)C(C)C. The van der Waals surface area contributed by atoms with Gasteiger partial charge in [0.05, 0.1) is 6.26 Å². The minimum absolute atomic E-state index is 0.204. The van der Waals surface area contributed by atoms with Crippen LogP contribution in [0.2, 0.25) is 0 Å². The Hall–Kier alpha value is -1.05. The fraction of sp³-hybridized carbons (Fsp3) is 0.844. The molecule has 5 aliphatic carbocycles. The van der Waals surface area contributed by atoms with Crippen molar-refractivity contribution in [1.29, 1.82) is 0 Å². The van der Waals surface area contributed by atoms with E-state index in [1.807, 2.05) is 0 Å². The second kappa shape index (κ2) is 7.48. The molecule has 0 amide bonds. The summed E-state index contributed by atoms with van der Waals surface area (Å²) >= 11 is 0. The smallest absolute Gasteiger partial charge is 0.167 e. The topological polar surface area (TPSA) is 37.3 Å². The van der Waals surface area contributed by atoms with E-state index in [1.54, 1.807) is 0 Å². The zero-order valence-corrected chi connectivity index (χ0v) is 23.1. The first-order chi connectivity index (χ1) is 15.8. The van der Waals surface area contributed by atoms with Crippen molar-refractivity contribution >= 4 is 5.78 Å². The minimum atomic E-state index is -0.339. The average molecular weight is 467 g/mol. The van der Waals surface area contributed by atoms with Crippen LogP contribution in [-0.4, -0.2) is 10.9 Å². The van der Waals surface area contributed by atoms with E-state index in [9.17, 15) is 9.90 Å². The van der Waals surface area contributed by atoms with E-state index >= 15 is 0 Å². The van der Waals surface area contributed by atoms with Crippen molar-refractivity contribution in [3.63, 3.8) is 0 Å². The van der Waals surface area contributed by atoms with Crippen LogP contribution in [0.4, 0.5) is 0 Å². The minimum Gasteiger partial charge on any atom is -0.515 e. The summed E-state index contributed by atoms with van der Waals surface area (Å²) in [4.78, 5) is 13.2. The average Bonchev–Trinajstić information content (AvgIpc) is 3.36. The summed E-state index contributed by atoms with van der Waals surface area (Å²) in [5.74, 6) is 3.64. The summed E-state index contributed by atoms with van der Waals surface area (Å²) in [6, 6.07) is 0. The van der Waals surface area contributed by atoms with Gasteiger partial charge < -0.3 is 5.11 Å². The first-order valence-electron chi connectivity index (χ1n) is 14.4. The predicted molar refractivity (Wildman–Crippen MR) is 140 cm³/mol. The Balaban J connectivity index is 1.42. The van der Waals surface area contributed by atoms with E-state index in [4.69, 9.17) is 0 Å². The van der Waals surface area contributed by atoms with Crippen molar-refractivity contribution in [3.05, 3.63) is 24.0 Å². The summed E-state index contributed by atoms with van der Waals surface area (Å²) in [5, 5.41) is 9.98. The first kappa shape index (κ1) is 24.6. The van der Waals surface area contributed by atoms with Gasteiger partial charge in [-0.05, 0) is 115 Å². The lowest BCUT2D eigenvalue weighted by molar-refractivity contribution is -0.151. The second-order valence-electron chi connectivity index (χ2n) is 14.9. The fourth-order valence-electron chi connectivity index (χ4n) is 11.1. The maximum absolute atomic E-state index is 13.2. The highest BCUT2D eigenvalue weighted by atomic mass is 16.2. The third-order valence-electron chi connectivity index (χ3n) is 13.4. The number of fused-ring (bicyclic) bond motifs is 2. The molecule has 190 valence electrons. The monoisotopic (exact) mass is 466 g/mol. The number of ketones is 1. The predicted octanol–water partition coefficient (Wildman–Crippen LogP) is 8.67. The van der Waals surface area contributed by atoms with Gasteiger partial charge in [-0.3, -0.25) is 4.79 Å². The molecule has 0 saturated heterocycles. The standard InChI is InChI=1S/C32H50O2/c1-20(2)21(3)9-10-22(4)24-13-14-30(8)26-12-11-25-28(5,6)27(34)23(18-33)17-32(25)19-31(26,32)16-15-29(24,30)7/h18,20,22,24-26,33H,3,9-17,19H2,1-2,4-8H3/b23-18-/t22-,24-,25+,26+,29-,30+,31+,32-/m1/s1. The summed E-state index contributed by atoms with van der Waals surface area (Å²) in [7, 11) is 0. The molecule has 1 N–H and O–H groups in total. The van der Waals surface area contributed by atoms with Crippen LogP contribution in [0, 0.1) is 56.7 Å². The van der Waals surface area contributed by atoms with Crippen LogP contribution >= 0.6 is 0 Å². The highest BCUT2D eigenvalue weighted by molar-refractivity contribution is 6.00. The van der Waals surface area contributed by atoms with E-state index in [0.29, 0.717) is 33.7 Å². The number of hydrogen-bond donors (Lipinski definition) is 1. The molecule has 0 radical (unpaired) electrons. The second-order valence-corrected chi connectivity index (χ2v) is 14.9. The molecular weight excluding hydrogens is 416 g/mol. The summed E-state index contributed by atoms with van der Waals surface area (Å²) < 4.78 is 0. The van der Waals surface area contributed by atoms with E-state index in [0.717, 1.165) is 30.4 Å². The summed E-state index contributed by atoms with van der Waals surface area (Å²) in [5.41, 5.74) is 3.28. The molecule has 5 fully saturated rings. The van der Waals surface area contributed by atoms with E-state index in [-0.39, 0.29) is 16.6 Å². The molecule has 2 spiro atoms. The quantitative estimate of drug-likeness (QED) is 0.250. The lowest BCUT2D eigenvalue weighted by Crippen LogP contribution is -2.57. The Morgan fingerprint density at radius 2 is 1.68 bits per heavy atom. The third-order valence-corrected chi connectivity index (χ3v) is 13.4.